The van der Waals surface area contributed by atoms with Crippen molar-refractivity contribution < 1.29 is 23.9 Å². The Balaban J connectivity index is 1.90. The Morgan fingerprint density at radius 3 is 2.41 bits per heavy atom. The number of amides is 2. The molecule has 144 valence electrons. The molecule has 8 heteroatoms. The average molecular weight is 390 g/mol. The van der Waals surface area contributed by atoms with Crippen LogP contribution in [0.4, 0.5) is 5.00 Å². The van der Waals surface area contributed by atoms with Crippen molar-refractivity contribution >= 4 is 34.1 Å². The second-order valence-electron chi connectivity index (χ2n) is 6.17. The van der Waals surface area contributed by atoms with E-state index in [0.717, 1.165) is 28.0 Å². The SMILES string of the molecule is Cc1cc(C)c(OCC(=O)O[C@@H](C)C(=O)Nc2sccc2C(N)=O)c(C)c1. The Morgan fingerprint density at radius 2 is 1.81 bits per heavy atom. The van der Waals surface area contributed by atoms with Crippen LogP contribution in [0.25, 0.3) is 0 Å². The summed E-state index contributed by atoms with van der Waals surface area (Å²) in [5.74, 6) is -1.25. The van der Waals surface area contributed by atoms with Crippen molar-refractivity contribution in [2.24, 2.45) is 5.73 Å². The zero-order chi connectivity index (χ0) is 20.1. The smallest absolute Gasteiger partial charge is 0.344 e. The number of rotatable bonds is 7. The molecule has 0 fully saturated rings. The normalized spacial score (nSPS) is 11.6. The summed E-state index contributed by atoms with van der Waals surface area (Å²) < 4.78 is 10.7. The predicted octanol–water partition coefficient (Wildman–Crippen LogP) is 2.72. The van der Waals surface area contributed by atoms with E-state index in [4.69, 9.17) is 15.2 Å². The van der Waals surface area contributed by atoms with Crippen LogP contribution in [0, 0.1) is 20.8 Å². The number of hydrogen-bond donors (Lipinski definition) is 2. The van der Waals surface area contributed by atoms with E-state index in [1.165, 1.54) is 13.0 Å². The van der Waals surface area contributed by atoms with E-state index in [2.05, 4.69) is 5.32 Å². The Hall–Kier alpha value is -2.87. The molecule has 0 aliphatic rings. The van der Waals surface area contributed by atoms with Crippen molar-refractivity contribution in [2.45, 2.75) is 33.8 Å². The third-order valence-electron chi connectivity index (χ3n) is 3.78. The number of nitrogens with two attached hydrogens (primary N) is 1. The molecule has 0 aliphatic heterocycles. The van der Waals surface area contributed by atoms with Crippen molar-refractivity contribution in [2.75, 3.05) is 11.9 Å². The Morgan fingerprint density at radius 1 is 1.19 bits per heavy atom. The van der Waals surface area contributed by atoms with Gasteiger partial charge in [-0.3, -0.25) is 9.59 Å². The number of nitrogens with one attached hydrogen (secondary N) is 1. The second kappa shape index (κ2) is 8.68. The van der Waals surface area contributed by atoms with E-state index in [9.17, 15) is 14.4 Å². The number of carbonyl (C=O) groups is 3. The molecule has 1 atom stereocenters. The number of aryl methyl sites for hydroxylation is 3. The first-order valence-electron chi connectivity index (χ1n) is 8.27. The first kappa shape index (κ1) is 20.4. The number of thiophene rings is 1. The van der Waals surface area contributed by atoms with Gasteiger partial charge in [-0.1, -0.05) is 17.7 Å². The molecule has 7 nitrogen and oxygen atoms in total. The Bertz CT molecular complexity index is 852. The van der Waals surface area contributed by atoms with Crippen molar-refractivity contribution in [3.63, 3.8) is 0 Å². The third-order valence-corrected chi connectivity index (χ3v) is 4.61. The fraction of sp³-hybridized carbons (Fsp3) is 0.316. The van der Waals surface area contributed by atoms with E-state index in [0.29, 0.717) is 10.8 Å². The van der Waals surface area contributed by atoms with Gasteiger partial charge in [0.05, 0.1) is 5.56 Å². The van der Waals surface area contributed by atoms with Gasteiger partial charge in [-0.05, 0) is 50.3 Å². The minimum Gasteiger partial charge on any atom is -0.481 e. The third kappa shape index (κ3) is 5.30. The van der Waals surface area contributed by atoms with E-state index in [1.54, 1.807) is 5.38 Å². The minimum absolute atomic E-state index is 0.209. The lowest BCUT2D eigenvalue weighted by molar-refractivity contribution is -0.155. The quantitative estimate of drug-likeness (QED) is 0.707. The molecule has 0 aliphatic carbocycles. The first-order chi connectivity index (χ1) is 12.7. The number of hydrogen-bond acceptors (Lipinski definition) is 6. The summed E-state index contributed by atoms with van der Waals surface area (Å²) in [5, 5.41) is 4.48. The summed E-state index contributed by atoms with van der Waals surface area (Å²) in [6, 6.07) is 5.43. The Labute approximate surface area is 161 Å². The van der Waals surface area contributed by atoms with Gasteiger partial charge in [0, 0.05) is 0 Å². The van der Waals surface area contributed by atoms with Crippen LogP contribution < -0.4 is 15.8 Å². The zero-order valence-corrected chi connectivity index (χ0v) is 16.4. The number of benzene rings is 1. The average Bonchev–Trinajstić information content (AvgIpc) is 3.02. The highest BCUT2D eigenvalue weighted by atomic mass is 32.1. The molecule has 0 saturated carbocycles. The summed E-state index contributed by atoms with van der Waals surface area (Å²) in [6.45, 7) is 6.90. The minimum atomic E-state index is -1.05. The largest absolute Gasteiger partial charge is 0.481 e. The van der Waals surface area contributed by atoms with Crippen molar-refractivity contribution in [1.82, 2.24) is 0 Å². The molecule has 0 bridgehead atoms. The fourth-order valence-corrected chi connectivity index (χ4v) is 3.42. The van der Waals surface area contributed by atoms with Crippen LogP contribution in [-0.2, 0) is 14.3 Å². The zero-order valence-electron chi connectivity index (χ0n) is 15.6. The number of primary amides is 1. The molecule has 0 spiro atoms. The molecule has 0 unspecified atom stereocenters. The summed E-state index contributed by atoms with van der Waals surface area (Å²) in [7, 11) is 0. The molecule has 1 aromatic carbocycles. The topological polar surface area (TPSA) is 108 Å². The van der Waals surface area contributed by atoms with Gasteiger partial charge in [-0.2, -0.15) is 0 Å². The monoisotopic (exact) mass is 390 g/mol. The molecule has 2 amide bonds. The molecule has 2 aromatic rings. The number of esters is 1. The van der Waals surface area contributed by atoms with Crippen LogP contribution in [0.1, 0.15) is 34.0 Å². The lowest BCUT2D eigenvalue weighted by Gasteiger charge is -2.15. The van der Waals surface area contributed by atoms with Gasteiger partial charge in [0.15, 0.2) is 12.7 Å². The maximum absolute atomic E-state index is 12.2. The van der Waals surface area contributed by atoms with Gasteiger partial charge < -0.3 is 20.5 Å². The molecule has 1 heterocycles. The number of anilines is 1. The van der Waals surface area contributed by atoms with E-state index in [-0.39, 0.29) is 12.2 Å². The summed E-state index contributed by atoms with van der Waals surface area (Å²) in [5.41, 5.74) is 8.39. The molecule has 2 rings (SSSR count). The van der Waals surface area contributed by atoms with Crippen molar-refractivity contribution in [3.8, 4) is 5.75 Å². The van der Waals surface area contributed by atoms with Crippen LogP contribution >= 0.6 is 11.3 Å². The fourth-order valence-electron chi connectivity index (χ4n) is 2.62. The number of ether oxygens (including phenoxy) is 2. The van der Waals surface area contributed by atoms with E-state index < -0.39 is 23.9 Å². The van der Waals surface area contributed by atoms with Crippen LogP contribution in [0.15, 0.2) is 23.6 Å². The second-order valence-corrected chi connectivity index (χ2v) is 7.08. The molecule has 3 N–H and O–H groups in total. The molecule has 27 heavy (non-hydrogen) atoms. The van der Waals surface area contributed by atoms with E-state index >= 15 is 0 Å². The highest BCUT2D eigenvalue weighted by molar-refractivity contribution is 7.14. The van der Waals surface area contributed by atoms with Gasteiger partial charge in [0.2, 0.25) is 0 Å². The maximum Gasteiger partial charge on any atom is 0.344 e. The van der Waals surface area contributed by atoms with Gasteiger partial charge in [0.25, 0.3) is 11.8 Å². The summed E-state index contributed by atoms with van der Waals surface area (Å²) >= 11 is 1.16. The highest BCUT2D eigenvalue weighted by Gasteiger charge is 2.21. The van der Waals surface area contributed by atoms with Gasteiger partial charge >= 0.3 is 5.97 Å². The number of carbonyl (C=O) groups excluding carboxylic acids is 3. The summed E-state index contributed by atoms with van der Waals surface area (Å²) in [4.78, 5) is 35.4. The lowest BCUT2D eigenvalue weighted by atomic mass is 10.1. The van der Waals surface area contributed by atoms with Crippen molar-refractivity contribution in [1.29, 1.82) is 0 Å². The predicted molar refractivity (Wildman–Crippen MR) is 103 cm³/mol. The van der Waals surface area contributed by atoms with Crippen LogP contribution in [0.3, 0.4) is 0 Å². The van der Waals surface area contributed by atoms with Gasteiger partial charge in [-0.15, -0.1) is 11.3 Å². The lowest BCUT2D eigenvalue weighted by Crippen LogP contribution is -2.32. The van der Waals surface area contributed by atoms with Crippen molar-refractivity contribution in [3.05, 3.63) is 45.8 Å². The van der Waals surface area contributed by atoms with Crippen LogP contribution in [0.5, 0.6) is 5.75 Å². The van der Waals surface area contributed by atoms with Gasteiger partial charge in [0.1, 0.15) is 10.8 Å². The summed E-state index contributed by atoms with van der Waals surface area (Å²) in [6.07, 6.45) is -1.05. The van der Waals surface area contributed by atoms with E-state index in [1.807, 2.05) is 32.9 Å². The molecule has 0 radical (unpaired) electrons. The Kier molecular flexibility index (Phi) is 6.57. The molecule has 0 saturated heterocycles. The standard InChI is InChI=1S/C19H22N2O5S/c1-10-7-11(2)16(12(3)8-10)25-9-15(22)26-13(4)18(24)21-19-14(17(20)23)5-6-27-19/h5-8,13H,9H2,1-4H3,(H2,20,23)(H,21,24)/t13-/m0/s1. The van der Waals surface area contributed by atoms with Crippen LogP contribution in [-0.4, -0.2) is 30.5 Å². The highest BCUT2D eigenvalue weighted by Crippen LogP contribution is 2.25. The first-order valence-corrected chi connectivity index (χ1v) is 9.15. The molecule has 1 aromatic heterocycles. The van der Waals surface area contributed by atoms with Gasteiger partial charge in [-0.25, -0.2) is 4.79 Å². The molecular formula is C19H22N2O5S. The maximum atomic E-state index is 12.2. The van der Waals surface area contributed by atoms with Crippen LogP contribution in [0.2, 0.25) is 0 Å². The molecular weight excluding hydrogens is 368 g/mol.